The van der Waals surface area contributed by atoms with E-state index in [1.165, 1.54) is 23.3 Å². The number of nitrogens with zero attached hydrogens (tertiary/aromatic N) is 10. The number of carbonyl (C=O) groups excluding carboxylic acids is 4. The summed E-state index contributed by atoms with van der Waals surface area (Å²) in [6.07, 6.45) is 5.96. The number of aromatic nitrogens is 5. The zero-order valence-corrected chi connectivity index (χ0v) is 37.6. The highest BCUT2D eigenvalue weighted by Crippen LogP contribution is 2.37. The lowest BCUT2D eigenvalue weighted by Gasteiger charge is -2.38. The van der Waals surface area contributed by atoms with Crippen molar-refractivity contribution in [3.8, 4) is 5.75 Å². The molecule has 4 aliphatic heterocycles. The van der Waals surface area contributed by atoms with Gasteiger partial charge in [0.1, 0.15) is 29.8 Å². The Kier molecular flexibility index (Phi) is 12.7. The molecule has 1 atom stereocenters. The normalized spacial score (nSPS) is 22.0. The minimum atomic E-state index is -2.86. The van der Waals surface area contributed by atoms with Crippen molar-refractivity contribution in [1.82, 2.24) is 44.0 Å². The van der Waals surface area contributed by atoms with Gasteiger partial charge in [-0.15, -0.1) is 0 Å². The smallest absolute Gasteiger partial charge is 0.284 e. The average molecular weight is 920 g/mol. The molecule has 1 N–H and O–H groups in total. The van der Waals surface area contributed by atoms with Crippen molar-refractivity contribution in [3.05, 3.63) is 101 Å². The highest BCUT2D eigenvalue weighted by Gasteiger charge is 2.42. The van der Waals surface area contributed by atoms with E-state index in [9.17, 15) is 28.0 Å². The van der Waals surface area contributed by atoms with Crippen LogP contribution in [0.4, 0.5) is 20.3 Å². The molecule has 1 saturated carbocycles. The van der Waals surface area contributed by atoms with Crippen LogP contribution in [0, 0.1) is 5.92 Å². The summed E-state index contributed by atoms with van der Waals surface area (Å²) < 4.78 is 43.4. The SMILES string of the molecule is CN1C(=O)CCC(N2Cc3c(OCc4ccc(CN5CCN(CC6CCC(n7cc(NC(=O)c8cnn9ccc(N%10CCOCC%10)nc89)c(C(F)F)n7)CC6)CC5)cc4)cccc3C2=O)C1=O. The first-order valence-electron chi connectivity index (χ1n) is 23.3. The number of amides is 4. The topological polar surface area (TPSA) is 163 Å². The fraction of sp³-hybridized carbons (Fsp3) is 0.479. The molecule has 4 amide bonds. The lowest BCUT2D eigenvalue weighted by molar-refractivity contribution is -0.150. The second-order valence-corrected chi connectivity index (χ2v) is 18.3. The van der Waals surface area contributed by atoms with Gasteiger partial charge in [-0.3, -0.25) is 33.7 Å². The molecule has 17 nitrogen and oxygen atoms in total. The second-order valence-electron chi connectivity index (χ2n) is 18.3. The Morgan fingerprint density at radius 3 is 2.42 bits per heavy atom. The van der Waals surface area contributed by atoms with Gasteiger partial charge >= 0.3 is 0 Å². The number of nitrogens with one attached hydrogen (secondary N) is 1. The zero-order valence-electron chi connectivity index (χ0n) is 37.6. The number of morpholine rings is 1. The molecule has 10 rings (SSSR count). The number of halogens is 2. The number of ether oxygens (including phenoxy) is 2. The molecular weight excluding hydrogens is 865 g/mol. The number of anilines is 2. The van der Waals surface area contributed by atoms with E-state index in [1.54, 1.807) is 34.1 Å². The molecule has 0 bridgehead atoms. The minimum absolute atomic E-state index is 0.00256. The number of likely N-dealkylation sites (N-methyl/N-ethyl adjacent to an activating group) is 1. The van der Waals surface area contributed by atoms with Gasteiger partial charge in [-0.1, -0.05) is 30.3 Å². The third kappa shape index (κ3) is 9.36. The van der Waals surface area contributed by atoms with Crippen LogP contribution in [0.25, 0.3) is 5.65 Å². The van der Waals surface area contributed by atoms with Gasteiger partial charge in [0.2, 0.25) is 5.91 Å². The number of imide groups is 1. The van der Waals surface area contributed by atoms with E-state index in [4.69, 9.17) is 9.47 Å². The molecule has 5 aromatic rings. The van der Waals surface area contributed by atoms with Crippen LogP contribution in [-0.2, 0) is 34.0 Å². The average Bonchev–Trinajstić information content (AvgIpc) is 4.07. The van der Waals surface area contributed by atoms with E-state index in [0.717, 1.165) is 81.0 Å². The number of piperidine rings is 1. The molecule has 3 saturated heterocycles. The molecule has 352 valence electrons. The van der Waals surface area contributed by atoms with Gasteiger partial charge in [0.25, 0.3) is 24.1 Å². The van der Waals surface area contributed by atoms with Crippen LogP contribution in [-0.4, -0.2) is 140 Å². The van der Waals surface area contributed by atoms with Gasteiger partial charge in [-0.2, -0.15) is 10.2 Å². The van der Waals surface area contributed by atoms with Gasteiger partial charge in [0, 0.05) is 89.3 Å². The summed E-state index contributed by atoms with van der Waals surface area (Å²) in [5.74, 6) is 0.468. The Bertz CT molecular complexity index is 2630. The number of fused-ring (bicyclic) bond motifs is 2. The Hall–Kier alpha value is -6.31. The molecule has 0 spiro atoms. The highest BCUT2D eigenvalue weighted by molar-refractivity contribution is 6.08. The fourth-order valence-electron chi connectivity index (χ4n) is 10.2. The Labute approximate surface area is 386 Å². The molecular formula is C48H55F2N11O6. The summed E-state index contributed by atoms with van der Waals surface area (Å²) >= 11 is 0. The van der Waals surface area contributed by atoms with Gasteiger partial charge in [-0.05, 0) is 67.3 Å². The standard InChI is InChI=1S/C48H55F2N11O6/c1-55-42(62)14-13-39(48(55)65)59-28-37-35(47(59)64)3-2-4-40(37)67-30-33-7-5-31(6-8-33)26-56-17-19-57(20-18-56)27-32-9-11-34(12-10-32)61-29-38(43(54-61)44(49)50)52-46(63)36-25-51-60-16-15-41(53-45(36)60)58-21-23-66-24-22-58/h2-8,15-16,25,29,32,34,39,44H,9-14,17-24,26-28,30H2,1H3,(H,52,63). The molecule has 0 radical (unpaired) electrons. The molecule has 4 fully saturated rings. The predicted molar refractivity (Wildman–Crippen MR) is 242 cm³/mol. The highest BCUT2D eigenvalue weighted by atomic mass is 19.3. The monoisotopic (exact) mass is 919 g/mol. The molecule has 1 aliphatic carbocycles. The van der Waals surface area contributed by atoms with Crippen LogP contribution in [0.2, 0.25) is 0 Å². The number of alkyl halides is 2. The van der Waals surface area contributed by atoms with Crippen molar-refractivity contribution in [2.75, 3.05) is 76.3 Å². The molecule has 67 heavy (non-hydrogen) atoms. The molecule has 7 heterocycles. The van der Waals surface area contributed by atoms with E-state index >= 15 is 0 Å². The van der Waals surface area contributed by atoms with Gasteiger partial charge < -0.3 is 29.5 Å². The Balaban J connectivity index is 0.669. The largest absolute Gasteiger partial charge is 0.489 e. The molecule has 1 unspecified atom stereocenters. The van der Waals surface area contributed by atoms with Crippen molar-refractivity contribution in [2.45, 2.75) is 76.7 Å². The Morgan fingerprint density at radius 2 is 1.66 bits per heavy atom. The second kappa shape index (κ2) is 19.1. The summed E-state index contributed by atoms with van der Waals surface area (Å²) in [6.45, 7) is 8.88. The van der Waals surface area contributed by atoms with E-state index in [2.05, 4.69) is 59.5 Å². The summed E-state index contributed by atoms with van der Waals surface area (Å²) in [5.41, 5.74) is 3.61. The quantitative estimate of drug-likeness (QED) is 0.154. The van der Waals surface area contributed by atoms with Crippen LogP contribution in [0.5, 0.6) is 5.75 Å². The molecule has 2 aromatic carbocycles. The summed E-state index contributed by atoms with van der Waals surface area (Å²) in [5, 5.41) is 11.2. The minimum Gasteiger partial charge on any atom is -0.489 e. The molecule has 3 aromatic heterocycles. The van der Waals surface area contributed by atoms with Crippen LogP contribution < -0.4 is 15.0 Å². The fourth-order valence-corrected chi connectivity index (χ4v) is 10.2. The summed E-state index contributed by atoms with van der Waals surface area (Å²) in [6, 6.07) is 15.0. The first kappa shape index (κ1) is 44.5. The third-order valence-electron chi connectivity index (χ3n) is 14.1. The lowest BCUT2D eigenvalue weighted by Crippen LogP contribution is -2.53. The van der Waals surface area contributed by atoms with Gasteiger partial charge in [0.15, 0.2) is 11.3 Å². The van der Waals surface area contributed by atoms with Crippen molar-refractivity contribution >= 4 is 40.8 Å². The van der Waals surface area contributed by atoms with Crippen molar-refractivity contribution in [2.24, 2.45) is 5.92 Å². The van der Waals surface area contributed by atoms with Crippen molar-refractivity contribution in [1.29, 1.82) is 0 Å². The number of hydrogen-bond donors (Lipinski definition) is 1. The van der Waals surface area contributed by atoms with Crippen LogP contribution in [0.15, 0.2) is 67.1 Å². The predicted octanol–water partition coefficient (Wildman–Crippen LogP) is 5.18. The Morgan fingerprint density at radius 1 is 0.910 bits per heavy atom. The molecule has 19 heteroatoms. The third-order valence-corrected chi connectivity index (χ3v) is 14.1. The molecule has 5 aliphatic rings. The van der Waals surface area contributed by atoms with Crippen LogP contribution in [0.1, 0.15) is 94.1 Å². The van der Waals surface area contributed by atoms with Gasteiger partial charge in [0.05, 0.1) is 37.7 Å². The maximum absolute atomic E-state index is 14.3. The number of likely N-dealkylation sites (tertiary alicyclic amines) is 1. The van der Waals surface area contributed by atoms with Crippen LogP contribution >= 0.6 is 0 Å². The van der Waals surface area contributed by atoms with E-state index < -0.39 is 24.1 Å². The number of benzene rings is 2. The van der Waals surface area contributed by atoms with Gasteiger partial charge in [-0.25, -0.2) is 18.3 Å². The maximum Gasteiger partial charge on any atom is 0.284 e. The first-order chi connectivity index (χ1) is 32.6. The zero-order chi connectivity index (χ0) is 46.2. The number of carbonyl (C=O) groups is 4. The van der Waals surface area contributed by atoms with E-state index in [0.29, 0.717) is 68.0 Å². The first-order valence-corrected chi connectivity index (χ1v) is 23.3. The van der Waals surface area contributed by atoms with E-state index in [-0.39, 0.29) is 48.0 Å². The number of rotatable bonds is 13. The maximum atomic E-state index is 14.3. The summed E-state index contributed by atoms with van der Waals surface area (Å²) in [7, 11) is 1.47. The summed E-state index contributed by atoms with van der Waals surface area (Å²) in [4.78, 5) is 66.2. The van der Waals surface area contributed by atoms with Crippen molar-refractivity contribution in [3.63, 3.8) is 0 Å². The number of piperazine rings is 1. The lowest BCUT2D eigenvalue weighted by atomic mass is 9.85. The van der Waals surface area contributed by atoms with E-state index in [1.807, 2.05) is 12.1 Å². The van der Waals surface area contributed by atoms with Crippen LogP contribution in [0.3, 0.4) is 0 Å². The van der Waals surface area contributed by atoms with Crippen molar-refractivity contribution < 1.29 is 37.4 Å². The number of hydrogen-bond acceptors (Lipinski definition) is 12.